The molecule has 13 heavy (non-hydrogen) atoms. The monoisotopic (exact) mass is 176 g/mol. The van der Waals surface area contributed by atoms with Gasteiger partial charge in [0.2, 0.25) is 5.82 Å². The van der Waals surface area contributed by atoms with Gasteiger partial charge in [0.15, 0.2) is 5.69 Å². The third kappa shape index (κ3) is 1.12. The van der Waals surface area contributed by atoms with Crippen LogP contribution in [0, 0.1) is 0 Å². The number of nitrogens with one attached hydrogen (secondary N) is 1. The highest BCUT2D eigenvalue weighted by Gasteiger charge is 2.27. The van der Waals surface area contributed by atoms with Crippen molar-refractivity contribution in [2.24, 2.45) is 0 Å². The molecule has 0 bridgehead atoms. The lowest BCUT2D eigenvalue weighted by molar-refractivity contribution is 0.422. The average Bonchev–Trinajstić information content (AvgIpc) is 2.72. The van der Waals surface area contributed by atoms with Gasteiger partial charge in [-0.25, -0.2) is 4.98 Å². The largest absolute Gasteiger partial charge is 0.364 e. The average molecular weight is 176 g/mol. The van der Waals surface area contributed by atoms with E-state index in [0.717, 1.165) is 5.82 Å². The summed E-state index contributed by atoms with van der Waals surface area (Å²) >= 11 is 0. The number of H-pyrrole nitrogens is 1. The van der Waals surface area contributed by atoms with Gasteiger partial charge in [0.1, 0.15) is 12.1 Å². The summed E-state index contributed by atoms with van der Waals surface area (Å²) in [6, 6.07) is 1.75. The second-order valence-corrected chi connectivity index (χ2v) is 3.20. The molecule has 2 heterocycles. The molecule has 5 heteroatoms. The smallest absolute Gasteiger partial charge is 0.203 e. The molecule has 5 nitrogen and oxygen atoms in total. The molecule has 1 fully saturated rings. The Morgan fingerprint density at radius 3 is 3.08 bits per heavy atom. The molecule has 1 saturated carbocycles. The minimum absolute atomic E-state index is 0.591. The number of nitrogens with zero attached hydrogens (tertiary/aromatic N) is 3. The maximum Gasteiger partial charge on any atom is 0.203 e. The first-order valence-corrected chi connectivity index (χ1v) is 4.26. The second kappa shape index (κ2) is 2.42. The molecule has 0 unspecified atom stereocenters. The molecule has 0 aliphatic heterocycles. The Morgan fingerprint density at radius 1 is 1.46 bits per heavy atom. The van der Waals surface area contributed by atoms with E-state index in [1.54, 1.807) is 6.07 Å². The van der Waals surface area contributed by atoms with Crippen molar-refractivity contribution in [3.63, 3.8) is 0 Å². The van der Waals surface area contributed by atoms with E-state index in [1.165, 1.54) is 19.1 Å². The Kier molecular flexibility index (Phi) is 1.27. The Hall–Kier alpha value is -1.65. The Bertz CT molecular complexity index is 401. The van der Waals surface area contributed by atoms with Crippen molar-refractivity contribution in [2.45, 2.75) is 18.8 Å². The number of aromatic nitrogens is 4. The van der Waals surface area contributed by atoms with E-state index in [2.05, 4.69) is 20.3 Å². The molecule has 2 aromatic heterocycles. The van der Waals surface area contributed by atoms with Crippen molar-refractivity contribution < 1.29 is 4.52 Å². The lowest BCUT2D eigenvalue weighted by Gasteiger charge is -1.83. The van der Waals surface area contributed by atoms with Crippen molar-refractivity contribution >= 4 is 0 Å². The zero-order chi connectivity index (χ0) is 8.67. The summed E-state index contributed by atoms with van der Waals surface area (Å²) in [6.45, 7) is 0. The lowest BCUT2D eigenvalue weighted by atomic mass is 10.4. The fourth-order valence-electron chi connectivity index (χ4n) is 1.26. The SMILES string of the molecule is c1cc(-c2n[nH]c(C3CC3)n2)no1. The van der Waals surface area contributed by atoms with Crippen molar-refractivity contribution in [1.82, 2.24) is 20.3 Å². The maximum absolute atomic E-state index is 4.71. The quantitative estimate of drug-likeness (QED) is 0.749. The van der Waals surface area contributed by atoms with Gasteiger partial charge in [-0.05, 0) is 12.8 Å². The molecule has 0 atom stereocenters. The van der Waals surface area contributed by atoms with Gasteiger partial charge in [-0.1, -0.05) is 5.16 Å². The molecule has 1 N–H and O–H groups in total. The van der Waals surface area contributed by atoms with Crippen LogP contribution < -0.4 is 0 Å². The zero-order valence-corrected chi connectivity index (χ0v) is 6.90. The molecule has 0 aromatic carbocycles. The van der Waals surface area contributed by atoms with Crippen LogP contribution in [0.15, 0.2) is 16.9 Å². The number of aromatic amines is 1. The van der Waals surface area contributed by atoms with Gasteiger partial charge >= 0.3 is 0 Å². The van der Waals surface area contributed by atoms with Gasteiger partial charge in [-0.3, -0.25) is 5.10 Å². The van der Waals surface area contributed by atoms with Crippen molar-refractivity contribution in [1.29, 1.82) is 0 Å². The molecular weight excluding hydrogens is 168 g/mol. The molecule has 0 amide bonds. The first-order chi connectivity index (χ1) is 6.43. The highest BCUT2D eigenvalue weighted by atomic mass is 16.5. The summed E-state index contributed by atoms with van der Waals surface area (Å²) in [6.07, 6.45) is 3.95. The summed E-state index contributed by atoms with van der Waals surface area (Å²) in [4.78, 5) is 4.33. The van der Waals surface area contributed by atoms with E-state index in [4.69, 9.17) is 4.52 Å². The van der Waals surface area contributed by atoms with Crippen LogP contribution in [0.5, 0.6) is 0 Å². The highest BCUT2D eigenvalue weighted by molar-refractivity contribution is 5.46. The summed E-state index contributed by atoms with van der Waals surface area (Å²) in [5.41, 5.74) is 0.683. The van der Waals surface area contributed by atoms with Gasteiger partial charge in [0.05, 0.1) is 0 Å². The summed E-state index contributed by atoms with van der Waals surface area (Å²) in [5.74, 6) is 2.18. The van der Waals surface area contributed by atoms with Gasteiger partial charge in [0, 0.05) is 12.0 Å². The molecule has 0 spiro atoms. The first kappa shape index (κ1) is 6.82. The predicted molar refractivity (Wildman–Crippen MR) is 43.9 cm³/mol. The van der Waals surface area contributed by atoms with Crippen LogP contribution in [0.1, 0.15) is 24.6 Å². The number of hydrogen-bond donors (Lipinski definition) is 1. The molecule has 2 aromatic rings. The minimum Gasteiger partial charge on any atom is -0.364 e. The first-order valence-electron chi connectivity index (χ1n) is 4.26. The molecule has 0 saturated heterocycles. The predicted octanol–water partition coefficient (Wildman–Crippen LogP) is 1.34. The molecule has 1 aliphatic carbocycles. The van der Waals surface area contributed by atoms with Crippen LogP contribution in [0.3, 0.4) is 0 Å². The van der Waals surface area contributed by atoms with Crippen molar-refractivity contribution in [2.75, 3.05) is 0 Å². The van der Waals surface area contributed by atoms with E-state index in [9.17, 15) is 0 Å². The van der Waals surface area contributed by atoms with Crippen LogP contribution in [0.4, 0.5) is 0 Å². The third-order valence-corrected chi connectivity index (χ3v) is 2.13. The standard InChI is InChI=1S/C8H8N4O/c1-2-5(1)7-9-8(11-10-7)6-3-4-13-12-6/h3-5H,1-2H2,(H,9,10,11). The highest BCUT2D eigenvalue weighted by Crippen LogP contribution is 2.38. The Morgan fingerprint density at radius 2 is 2.38 bits per heavy atom. The van der Waals surface area contributed by atoms with Crippen LogP contribution in [-0.4, -0.2) is 20.3 Å². The molecule has 0 radical (unpaired) electrons. The lowest BCUT2D eigenvalue weighted by Crippen LogP contribution is -1.81. The van der Waals surface area contributed by atoms with E-state index < -0.39 is 0 Å². The van der Waals surface area contributed by atoms with Crippen LogP contribution in [0.2, 0.25) is 0 Å². The van der Waals surface area contributed by atoms with Crippen molar-refractivity contribution in [3.05, 3.63) is 18.2 Å². The Labute approximate surface area is 74.2 Å². The van der Waals surface area contributed by atoms with Crippen molar-refractivity contribution in [3.8, 4) is 11.5 Å². The Balaban J connectivity index is 1.97. The van der Waals surface area contributed by atoms with Gasteiger partial charge in [0.25, 0.3) is 0 Å². The van der Waals surface area contributed by atoms with Crippen LogP contribution >= 0.6 is 0 Å². The van der Waals surface area contributed by atoms with E-state index in [-0.39, 0.29) is 0 Å². The summed E-state index contributed by atoms with van der Waals surface area (Å²) in [5, 5.41) is 10.7. The second-order valence-electron chi connectivity index (χ2n) is 3.20. The fourth-order valence-corrected chi connectivity index (χ4v) is 1.26. The minimum atomic E-state index is 0.591. The van der Waals surface area contributed by atoms with E-state index in [1.807, 2.05) is 0 Å². The van der Waals surface area contributed by atoms with Gasteiger partial charge < -0.3 is 4.52 Å². The normalized spacial score (nSPS) is 16.3. The van der Waals surface area contributed by atoms with Gasteiger partial charge in [-0.15, -0.1) is 0 Å². The van der Waals surface area contributed by atoms with Gasteiger partial charge in [-0.2, -0.15) is 5.10 Å². The zero-order valence-electron chi connectivity index (χ0n) is 6.90. The maximum atomic E-state index is 4.71. The fraction of sp³-hybridized carbons (Fsp3) is 0.375. The molecule has 1 aliphatic rings. The topological polar surface area (TPSA) is 67.6 Å². The number of hydrogen-bond acceptors (Lipinski definition) is 4. The van der Waals surface area contributed by atoms with Crippen LogP contribution in [-0.2, 0) is 0 Å². The molecule has 3 rings (SSSR count). The molecular formula is C8H8N4O. The van der Waals surface area contributed by atoms with E-state index >= 15 is 0 Å². The summed E-state index contributed by atoms with van der Waals surface area (Å²) in [7, 11) is 0. The van der Waals surface area contributed by atoms with E-state index in [0.29, 0.717) is 17.4 Å². The third-order valence-electron chi connectivity index (χ3n) is 2.13. The number of rotatable bonds is 2. The molecule has 66 valence electrons. The summed E-state index contributed by atoms with van der Waals surface area (Å²) < 4.78 is 4.71. The van der Waals surface area contributed by atoms with Crippen LogP contribution in [0.25, 0.3) is 11.5 Å².